The molecule has 0 saturated heterocycles. The molecule has 0 radical (unpaired) electrons. The highest BCUT2D eigenvalue weighted by Gasteiger charge is 2.11. The molecule has 1 N–H and O–H groups in total. The maximum absolute atomic E-state index is 13.3. The van der Waals surface area contributed by atoms with Crippen molar-refractivity contribution in [3.05, 3.63) is 48.3 Å². The first-order valence-corrected chi connectivity index (χ1v) is 6.76. The van der Waals surface area contributed by atoms with E-state index in [1.807, 2.05) is 24.7 Å². The summed E-state index contributed by atoms with van der Waals surface area (Å²) in [7, 11) is 1.85. The lowest BCUT2D eigenvalue weighted by atomic mass is 10.1. The minimum Gasteiger partial charge on any atom is -0.493 e. The zero-order valence-electron chi connectivity index (χ0n) is 11.8. The summed E-state index contributed by atoms with van der Waals surface area (Å²) in [5, 5.41) is 3.10. The molecule has 2 rings (SSSR count). The van der Waals surface area contributed by atoms with E-state index in [0.717, 1.165) is 24.3 Å². The molecule has 0 fully saturated rings. The molecule has 1 unspecified atom stereocenters. The smallest absolute Gasteiger partial charge is 0.124 e. The van der Waals surface area contributed by atoms with Crippen LogP contribution in [0.25, 0.3) is 0 Å². The minimum atomic E-state index is -0.243. The summed E-state index contributed by atoms with van der Waals surface area (Å²) in [6, 6.07) is 4.69. The molecule has 0 bridgehead atoms. The second kappa shape index (κ2) is 7.05. The molecule has 4 nitrogen and oxygen atoms in total. The SMILES string of the molecule is CNC(C)c1cc(F)ccc1OCCCn1ccnc1. The number of aromatic nitrogens is 2. The third-order valence-electron chi connectivity index (χ3n) is 3.25. The quantitative estimate of drug-likeness (QED) is 0.791. The van der Waals surface area contributed by atoms with Crippen LogP contribution in [0.4, 0.5) is 4.39 Å². The van der Waals surface area contributed by atoms with Gasteiger partial charge in [-0.15, -0.1) is 0 Å². The molecule has 0 saturated carbocycles. The lowest BCUT2D eigenvalue weighted by molar-refractivity contribution is 0.296. The van der Waals surface area contributed by atoms with Gasteiger partial charge in [0.1, 0.15) is 11.6 Å². The Morgan fingerprint density at radius 2 is 2.30 bits per heavy atom. The fraction of sp³-hybridized carbons (Fsp3) is 0.400. The molecular weight excluding hydrogens is 257 g/mol. The number of nitrogens with one attached hydrogen (secondary N) is 1. The van der Waals surface area contributed by atoms with Gasteiger partial charge >= 0.3 is 0 Å². The highest BCUT2D eigenvalue weighted by Crippen LogP contribution is 2.26. The fourth-order valence-electron chi connectivity index (χ4n) is 1.99. The van der Waals surface area contributed by atoms with Gasteiger partial charge in [0.05, 0.1) is 12.9 Å². The fourth-order valence-corrected chi connectivity index (χ4v) is 1.99. The maximum atomic E-state index is 13.3. The molecule has 20 heavy (non-hydrogen) atoms. The van der Waals surface area contributed by atoms with Crippen LogP contribution in [0.3, 0.4) is 0 Å². The molecule has 1 aromatic heterocycles. The van der Waals surface area contributed by atoms with Crippen LogP contribution in [0, 0.1) is 5.82 Å². The van der Waals surface area contributed by atoms with E-state index in [1.54, 1.807) is 18.6 Å². The van der Waals surface area contributed by atoms with E-state index in [9.17, 15) is 4.39 Å². The Labute approximate surface area is 118 Å². The lowest BCUT2D eigenvalue weighted by Crippen LogP contribution is -2.14. The second-order valence-corrected chi connectivity index (χ2v) is 4.70. The molecular formula is C15H20FN3O. The van der Waals surface area contributed by atoms with Gasteiger partial charge in [0.2, 0.25) is 0 Å². The van der Waals surface area contributed by atoms with Gasteiger partial charge in [-0.3, -0.25) is 0 Å². The number of nitrogens with zero attached hydrogens (tertiary/aromatic N) is 2. The molecule has 0 aliphatic rings. The zero-order chi connectivity index (χ0) is 14.4. The number of imidazole rings is 1. The predicted molar refractivity (Wildman–Crippen MR) is 76.2 cm³/mol. The van der Waals surface area contributed by atoms with E-state index in [1.165, 1.54) is 12.1 Å². The Morgan fingerprint density at radius 3 is 3.00 bits per heavy atom. The summed E-state index contributed by atoms with van der Waals surface area (Å²) < 4.78 is 21.1. The monoisotopic (exact) mass is 277 g/mol. The van der Waals surface area contributed by atoms with Crippen molar-refractivity contribution in [2.45, 2.75) is 25.9 Å². The minimum absolute atomic E-state index is 0.0503. The van der Waals surface area contributed by atoms with Crippen molar-refractivity contribution < 1.29 is 9.13 Å². The van der Waals surface area contributed by atoms with Crippen molar-refractivity contribution >= 4 is 0 Å². The standard InChI is InChI=1S/C15H20FN3O/c1-12(17-2)14-10-13(16)4-5-15(14)20-9-3-7-19-8-6-18-11-19/h4-6,8,10-12,17H,3,7,9H2,1-2H3. The summed E-state index contributed by atoms with van der Waals surface area (Å²) in [6.45, 7) is 3.43. The lowest BCUT2D eigenvalue weighted by Gasteiger charge is -2.16. The Bertz CT molecular complexity index is 528. The van der Waals surface area contributed by atoms with Crippen LogP contribution in [0.1, 0.15) is 24.9 Å². The number of aryl methyl sites for hydroxylation is 1. The summed E-state index contributed by atoms with van der Waals surface area (Å²) >= 11 is 0. The van der Waals surface area contributed by atoms with Gasteiger partial charge in [-0.1, -0.05) is 0 Å². The van der Waals surface area contributed by atoms with Gasteiger partial charge in [-0.25, -0.2) is 9.37 Å². The number of hydrogen-bond acceptors (Lipinski definition) is 3. The summed E-state index contributed by atoms with van der Waals surface area (Å²) in [4.78, 5) is 3.99. The zero-order valence-corrected chi connectivity index (χ0v) is 11.8. The van der Waals surface area contributed by atoms with Crippen molar-refractivity contribution in [2.75, 3.05) is 13.7 Å². The van der Waals surface area contributed by atoms with Crippen LogP contribution in [-0.2, 0) is 6.54 Å². The summed E-state index contributed by atoms with van der Waals surface area (Å²) in [5.41, 5.74) is 0.843. The van der Waals surface area contributed by atoms with Gasteiger partial charge < -0.3 is 14.6 Å². The highest BCUT2D eigenvalue weighted by molar-refractivity contribution is 5.36. The molecule has 1 aromatic carbocycles. The first kappa shape index (κ1) is 14.5. The number of ether oxygens (including phenoxy) is 1. The first-order chi connectivity index (χ1) is 9.70. The Balaban J connectivity index is 1.91. The molecule has 5 heteroatoms. The topological polar surface area (TPSA) is 39.1 Å². The molecule has 1 heterocycles. The predicted octanol–water partition coefficient (Wildman–Crippen LogP) is 2.77. The van der Waals surface area contributed by atoms with E-state index in [2.05, 4.69) is 10.3 Å². The third kappa shape index (κ3) is 3.81. The molecule has 0 amide bonds. The largest absolute Gasteiger partial charge is 0.493 e. The van der Waals surface area contributed by atoms with Gasteiger partial charge in [-0.2, -0.15) is 0 Å². The van der Waals surface area contributed by atoms with Gasteiger partial charge in [-0.05, 0) is 38.6 Å². The van der Waals surface area contributed by atoms with Crippen LogP contribution in [0.15, 0.2) is 36.9 Å². The molecule has 0 aliphatic carbocycles. The molecule has 2 aromatic rings. The van der Waals surface area contributed by atoms with E-state index >= 15 is 0 Å². The van der Waals surface area contributed by atoms with Gasteiger partial charge in [0, 0.05) is 30.5 Å². The number of rotatable bonds is 7. The maximum Gasteiger partial charge on any atom is 0.124 e. The Morgan fingerprint density at radius 1 is 1.45 bits per heavy atom. The van der Waals surface area contributed by atoms with Crippen molar-refractivity contribution in [3.8, 4) is 5.75 Å². The van der Waals surface area contributed by atoms with E-state index in [4.69, 9.17) is 4.74 Å². The second-order valence-electron chi connectivity index (χ2n) is 4.70. The number of benzene rings is 1. The normalized spacial score (nSPS) is 12.3. The van der Waals surface area contributed by atoms with Crippen molar-refractivity contribution in [3.63, 3.8) is 0 Å². The highest BCUT2D eigenvalue weighted by atomic mass is 19.1. The molecule has 108 valence electrons. The molecule has 0 aliphatic heterocycles. The van der Waals surface area contributed by atoms with Crippen LogP contribution < -0.4 is 10.1 Å². The van der Waals surface area contributed by atoms with Gasteiger partial charge in [0.15, 0.2) is 0 Å². The number of halogens is 1. The Kier molecular flexibility index (Phi) is 5.12. The summed E-state index contributed by atoms with van der Waals surface area (Å²) in [5.74, 6) is 0.492. The average Bonchev–Trinajstić information content (AvgIpc) is 2.97. The third-order valence-corrected chi connectivity index (χ3v) is 3.25. The average molecular weight is 277 g/mol. The summed E-state index contributed by atoms with van der Waals surface area (Å²) in [6.07, 6.45) is 6.34. The molecule has 1 atom stereocenters. The van der Waals surface area contributed by atoms with Crippen molar-refractivity contribution in [1.29, 1.82) is 0 Å². The first-order valence-electron chi connectivity index (χ1n) is 6.76. The number of hydrogen-bond donors (Lipinski definition) is 1. The van der Waals surface area contributed by atoms with Crippen LogP contribution in [0.5, 0.6) is 5.75 Å². The van der Waals surface area contributed by atoms with E-state index in [0.29, 0.717) is 6.61 Å². The van der Waals surface area contributed by atoms with E-state index < -0.39 is 0 Å². The van der Waals surface area contributed by atoms with Crippen molar-refractivity contribution in [2.24, 2.45) is 0 Å². The Hall–Kier alpha value is -1.88. The van der Waals surface area contributed by atoms with Crippen LogP contribution in [-0.4, -0.2) is 23.2 Å². The van der Waals surface area contributed by atoms with E-state index in [-0.39, 0.29) is 11.9 Å². The van der Waals surface area contributed by atoms with Gasteiger partial charge in [0.25, 0.3) is 0 Å². The van der Waals surface area contributed by atoms with Crippen molar-refractivity contribution in [1.82, 2.24) is 14.9 Å². The molecule has 0 spiro atoms. The van der Waals surface area contributed by atoms with Crippen LogP contribution >= 0.6 is 0 Å². The van der Waals surface area contributed by atoms with Crippen LogP contribution in [0.2, 0.25) is 0 Å².